The lowest BCUT2D eigenvalue weighted by Gasteiger charge is -2.35. The molecule has 0 spiro atoms. The third kappa shape index (κ3) is 5.32. The molecule has 0 aliphatic carbocycles. The number of aliphatic hydroxyl groups excluding tert-OH is 1. The van der Waals surface area contributed by atoms with E-state index in [1.165, 1.54) is 58.4 Å². The fourth-order valence-electron chi connectivity index (χ4n) is 3.53. The molecule has 0 aromatic carbocycles. The summed E-state index contributed by atoms with van der Waals surface area (Å²) in [6.07, 6.45) is 6.61. The Balaban J connectivity index is 1.62. The van der Waals surface area contributed by atoms with Crippen molar-refractivity contribution in [1.29, 1.82) is 0 Å². The van der Waals surface area contributed by atoms with Crippen molar-refractivity contribution in [2.75, 3.05) is 52.4 Å². The van der Waals surface area contributed by atoms with Crippen molar-refractivity contribution in [3.05, 3.63) is 0 Å². The molecule has 2 rings (SSSR count). The molecule has 20 heavy (non-hydrogen) atoms. The van der Waals surface area contributed by atoms with Gasteiger partial charge in [0.25, 0.3) is 0 Å². The predicted octanol–water partition coefficient (Wildman–Crippen LogP) is 1.15. The van der Waals surface area contributed by atoms with Gasteiger partial charge in [0.2, 0.25) is 0 Å². The second-order valence-electron chi connectivity index (χ2n) is 6.59. The lowest BCUT2D eigenvalue weighted by Crippen LogP contribution is -2.47. The largest absolute Gasteiger partial charge is 0.395 e. The highest BCUT2D eigenvalue weighted by molar-refractivity contribution is 4.79. The van der Waals surface area contributed by atoms with Crippen LogP contribution in [0.4, 0.5) is 0 Å². The number of nitrogens with one attached hydrogen (secondary N) is 1. The maximum Gasteiger partial charge on any atom is 0.0597 e. The minimum Gasteiger partial charge on any atom is -0.395 e. The molecular formula is C16H33N3O. The van der Waals surface area contributed by atoms with Gasteiger partial charge in [-0.1, -0.05) is 6.92 Å². The number of hydrogen-bond acceptors (Lipinski definition) is 4. The van der Waals surface area contributed by atoms with Gasteiger partial charge in [-0.3, -0.25) is 0 Å². The molecule has 0 aromatic rings. The first-order chi connectivity index (χ1) is 9.81. The van der Waals surface area contributed by atoms with Crippen LogP contribution >= 0.6 is 0 Å². The van der Waals surface area contributed by atoms with Crippen molar-refractivity contribution in [2.24, 2.45) is 5.92 Å². The molecule has 2 fully saturated rings. The van der Waals surface area contributed by atoms with E-state index in [1.807, 2.05) is 0 Å². The number of aliphatic hydroxyl groups is 1. The van der Waals surface area contributed by atoms with Crippen molar-refractivity contribution < 1.29 is 5.11 Å². The van der Waals surface area contributed by atoms with E-state index in [2.05, 4.69) is 22.0 Å². The van der Waals surface area contributed by atoms with Crippen LogP contribution in [0.15, 0.2) is 0 Å². The molecular weight excluding hydrogens is 250 g/mol. The molecule has 2 saturated heterocycles. The third-order valence-electron chi connectivity index (χ3n) is 4.80. The Bertz CT molecular complexity index is 248. The van der Waals surface area contributed by atoms with Crippen LogP contribution in [0.5, 0.6) is 0 Å². The van der Waals surface area contributed by atoms with Crippen molar-refractivity contribution in [2.45, 2.75) is 45.1 Å². The Morgan fingerprint density at radius 1 is 1.10 bits per heavy atom. The molecule has 2 heterocycles. The molecule has 0 bridgehead atoms. The van der Waals surface area contributed by atoms with Crippen molar-refractivity contribution >= 4 is 0 Å². The summed E-state index contributed by atoms with van der Waals surface area (Å²) in [4.78, 5) is 5.18. The lowest BCUT2D eigenvalue weighted by atomic mass is 9.96. The first-order valence-electron chi connectivity index (χ1n) is 8.60. The van der Waals surface area contributed by atoms with Gasteiger partial charge >= 0.3 is 0 Å². The molecule has 2 aliphatic rings. The van der Waals surface area contributed by atoms with Gasteiger partial charge in [-0.25, -0.2) is 0 Å². The average Bonchev–Trinajstić information content (AvgIpc) is 2.98. The molecule has 4 nitrogen and oxygen atoms in total. The molecule has 0 saturated carbocycles. The van der Waals surface area contributed by atoms with Crippen LogP contribution in [0.25, 0.3) is 0 Å². The quantitative estimate of drug-likeness (QED) is 0.701. The second kappa shape index (κ2) is 8.98. The van der Waals surface area contributed by atoms with E-state index in [-0.39, 0.29) is 12.6 Å². The van der Waals surface area contributed by atoms with E-state index in [1.54, 1.807) is 0 Å². The normalized spacial score (nSPS) is 24.3. The third-order valence-corrected chi connectivity index (χ3v) is 4.80. The Hall–Kier alpha value is -0.160. The van der Waals surface area contributed by atoms with Crippen molar-refractivity contribution in [3.63, 3.8) is 0 Å². The molecule has 0 aromatic heterocycles. The Kier molecular flexibility index (Phi) is 7.28. The lowest BCUT2D eigenvalue weighted by molar-refractivity contribution is 0.127. The van der Waals surface area contributed by atoms with E-state index >= 15 is 0 Å². The maximum absolute atomic E-state index is 9.43. The van der Waals surface area contributed by atoms with Crippen LogP contribution in [0, 0.1) is 5.92 Å². The van der Waals surface area contributed by atoms with Gasteiger partial charge in [-0.05, 0) is 70.7 Å². The number of nitrogens with zero attached hydrogens (tertiary/aromatic N) is 2. The van der Waals surface area contributed by atoms with E-state index < -0.39 is 0 Å². The fraction of sp³-hybridized carbons (Fsp3) is 1.00. The first-order valence-corrected chi connectivity index (χ1v) is 8.60. The van der Waals surface area contributed by atoms with Gasteiger partial charge in [0.1, 0.15) is 0 Å². The number of hydrogen-bond donors (Lipinski definition) is 2. The SMILES string of the molecule is CCCNC(CO)CN1CCC(CN2CCCC2)CC1. The summed E-state index contributed by atoms with van der Waals surface area (Å²) in [5.41, 5.74) is 0. The molecule has 4 heteroatoms. The predicted molar refractivity (Wildman–Crippen MR) is 84.0 cm³/mol. The molecule has 0 radical (unpaired) electrons. The highest BCUT2D eigenvalue weighted by atomic mass is 16.3. The summed E-state index contributed by atoms with van der Waals surface area (Å²) in [5.74, 6) is 0.903. The number of likely N-dealkylation sites (tertiary alicyclic amines) is 2. The first kappa shape index (κ1) is 16.2. The van der Waals surface area contributed by atoms with E-state index in [0.717, 1.165) is 25.4 Å². The van der Waals surface area contributed by atoms with Gasteiger partial charge in [0.05, 0.1) is 6.61 Å². The molecule has 1 atom stereocenters. The zero-order chi connectivity index (χ0) is 14.2. The fourth-order valence-corrected chi connectivity index (χ4v) is 3.53. The highest BCUT2D eigenvalue weighted by Crippen LogP contribution is 2.20. The highest BCUT2D eigenvalue weighted by Gasteiger charge is 2.23. The van der Waals surface area contributed by atoms with E-state index in [4.69, 9.17) is 0 Å². The molecule has 0 amide bonds. The van der Waals surface area contributed by atoms with Crippen LogP contribution < -0.4 is 5.32 Å². The topological polar surface area (TPSA) is 38.7 Å². The monoisotopic (exact) mass is 283 g/mol. The summed E-state index contributed by atoms with van der Waals surface area (Å²) >= 11 is 0. The van der Waals surface area contributed by atoms with Gasteiger partial charge in [0, 0.05) is 19.1 Å². The minimum absolute atomic E-state index is 0.255. The van der Waals surface area contributed by atoms with Crippen molar-refractivity contribution in [3.8, 4) is 0 Å². The summed E-state index contributed by atoms with van der Waals surface area (Å²) in [6, 6.07) is 0.255. The van der Waals surface area contributed by atoms with Crippen molar-refractivity contribution in [1.82, 2.24) is 15.1 Å². The van der Waals surface area contributed by atoms with Gasteiger partial charge in [-0.15, -0.1) is 0 Å². The smallest absolute Gasteiger partial charge is 0.0597 e. The minimum atomic E-state index is 0.255. The maximum atomic E-state index is 9.43. The summed E-state index contributed by atoms with van der Waals surface area (Å²) in [5, 5.41) is 12.9. The van der Waals surface area contributed by atoms with Crippen LogP contribution in [0.1, 0.15) is 39.0 Å². The number of piperidine rings is 1. The summed E-state index contributed by atoms with van der Waals surface area (Å²) in [7, 11) is 0. The molecule has 1 unspecified atom stereocenters. The second-order valence-corrected chi connectivity index (χ2v) is 6.59. The van der Waals surface area contributed by atoms with Crippen LogP contribution in [0.3, 0.4) is 0 Å². The molecule has 118 valence electrons. The Labute approximate surface area is 124 Å². The average molecular weight is 283 g/mol. The van der Waals surface area contributed by atoms with Crippen LogP contribution in [-0.4, -0.2) is 73.4 Å². The van der Waals surface area contributed by atoms with Gasteiger partial charge in [0.15, 0.2) is 0 Å². The van der Waals surface area contributed by atoms with Crippen LogP contribution in [0.2, 0.25) is 0 Å². The Morgan fingerprint density at radius 3 is 2.40 bits per heavy atom. The zero-order valence-corrected chi connectivity index (χ0v) is 13.2. The Morgan fingerprint density at radius 2 is 1.80 bits per heavy atom. The summed E-state index contributed by atoms with van der Waals surface area (Å²) < 4.78 is 0. The molecule has 2 aliphatic heterocycles. The van der Waals surface area contributed by atoms with E-state index in [9.17, 15) is 5.11 Å². The standard InChI is InChI=1S/C16H33N3O/c1-2-7-17-16(14-20)13-19-10-5-15(6-11-19)12-18-8-3-4-9-18/h15-17,20H,2-14H2,1H3. The van der Waals surface area contributed by atoms with E-state index in [0.29, 0.717) is 0 Å². The van der Waals surface area contributed by atoms with Gasteiger partial charge < -0.3 is 20.2 Å². The van der Waals surface area contributed by atoms with Gasteiger partial charge in [-0.2, -0.15) is 0 Å². The van der Waals surface area contributed by atoms with Crippen LogP contribution in [-0.2, 0) is 0 Å². The number of rotatable bonds is 8. The molecule has 2 N–H and O–H groups in total. The zero-order valence-electron chi connectivity index (χ0n) is 13.2. The summed E-state index contributed by atoms with van der Waals surface area (Å²) in [6.45, 7) is 10.8.